The minimum Gasteiger partial charge on any atom is -0.311 e. The van der Waals surface area contributed by atoms with Crippen LogP contribution in [0.3, 0.4) is 0 Å². The third kappa shape index (κ3) is 2.78. The molecule has 0 bridgehead atoms. The lowest BCUT2D eigenvalue weighted by atomic mass is 9.87. The molecule has 1 aliphatic rings. The normalized spacial score (nSPS) is 23.8. The Morgan fingerprint density at radius 3 is 2.00 bits per heavy atom. The van der Waals surface area contributed by atoms with E-state index in [0.717, 1.165) is 12.0 Å². The summed E-state index contributed by atoms with van der Waals surface area (Å²) in [4.78, 5) is 0. The molecule has 1 nitrogen and oxygen atoms in total. The van der Waals surface area contributed by atoms with E-state index in [1.165, 1.54) is 12.8 Å². The van der Waals surface area contributed by atoms with Crippen LogP contribution in [0.15, 0.2) is 0 Å². The minimum atomic E-state index is 0.392. The highest BCUT2D eigenvalue weighted by Gasteiger charge is 2.30. The Hall–Kier alpha value is -0.0400. The molecule has 1 aliphatic carbocycles. The fraction of sp³-hybridized carbons (Fsp3) is 1.00. The maximum atomic E-state index is 3.68. The van der Waals surface area contributed by atoms with Crippen molar-refractivity contribution in [2.75, 3.05) is 0 Å². The van der Waals surface area contributed by atoms with Crippen LogP contribution in [0, 0.1) is 11.3 Å². The first kappa shape index (κ1) is 10.0. The van der Waals surface area contributed by atoms with Gasteiger partial charge in [-0.05, 0) is 38.0 Å². The number of hydrogen-bond acceptors (Lipinski definition) is 1. The molecule has 1 fully saturated rings. The Morgan fingerprint density at radius 1 is 1.17 bits per heavy atom. The number of rotatable bonds is 3. The average molecular weight is 169 g/mol. The van der Waals surface area contributed by atoms with Crippen LogP contribution in [0.2, 0.25) is 0 Å². The Balaban J connectivity index is 2.29. The lowest BCUT2D eigenvalue weighted by Crippen LogP contribution is -2.43. The zero-order chi connectivity index (χ0) is 9.35. The molecule has 0 aromatic heterocycles. The summed E-state index contributed by atoms with van der Waals surface area (Å²) < 4.78 is 0. The quantitative estimate of drug-likeness (QED) is 0.685. The second-order valence-electron chi connectivity index (χ2n) is 5.38. The summed E-state index contributed by atoms with van der Waals surface area (Å²) in [6.07, 6.45) is 2.87. The summed E-state index contributed by atoms with van der Waals surface area (Å²) >= 11 is 0. The molecular formula is C11H23N. The molecule has 0 radical (unpaired) electrons. The van der Waals surface area contributed by atoms with Gasteiger partial charge in [-0.2, -0.15) is 0 Å². The van der Waals surface area contributed by atoms with Crippen LogP contribution in [0.1, 0.15) is 47.5 Å². The summed E-state index contributed by atoms with van der Waals surface area (Å²) in [6.45, 7) is 11.5. The summed E-state index contributed by atoms with van der Waals surface area (Å²) in [6, 6.07) is 1.34. The van der Waals surface area contributed by atoms with E-state index in [2.05, 4.69) is 39.9 Å². The van der Waals surface area contributed by atoms with Crippen LogP contribution in [-0.4, -0.2) is 12.1 Å². The molecule has 12 heavy (non-hydrogen) atoms. The fourth-order valence-electron chi connectivity index (χ4n) is 1.38. The third-order valence-electron chi connectivity index (χ3n) is 3.14. The molecule has 0 saturated heterocycles. The molecule has 1 rings (SSSR count). The first-order valence-corrected chi connectivity index (χ1v) is 5.17. The molecule has 0 heterocycles. The van der Waals surface area contributed by atoms with Gasteiger partial charge in [-0.1, -0.05) is 20.8 Å². The van der Waals surface area contributed by atoms with E-state index >= 15 is 0 Å². The highest BCUT2D eigenvalue weighted by Crippen LogP contribution is 2.33. The SMILES string of the molecule is CC(NC(C)C(C)(C)C)C1CC1. The predicted molar refractivity (Wildman–Crippen MR) is 54.2 cm³/mol. The monoisotopic (exact) mass is 169 g/mol. The average Bonchev–Trinajstić information content (AvgIpc) is 2.65. The number of nitrogens with one attached hydrogen (secondary N) is 1. The molecular weight excluding hydrogens is 146 g/mol. The third-order valence-corrected chi connectivity index (χ3v) is 3.14. The Morgan fingerprint density at radius 2 is 1.67 bits per heavy atom. The maximum Gasteiger partial charge on any atom is 0.00898 e. The molecule has 0 spiro atoms. The van der Waals surface area contributed by atoms with Gasteiger partial charge < -0.3 is 5.32 Å². The molecule has 1 heteroatoms. The van der Waals surface area contributed by atoms with Gasteiger partial charge in [0, 0.05) is 12.1 Å². The summed E-state index contributed by atoms with van der Waals surface area (Å²) in [5, 5.41) is 3.68. The van der Waals surface area contributed by atoms with Gasteiger partial charge in [0.25, 0.3) is 0 Å². The predicted octanol–water partition coefficient (Wildman–Crippen LogP) is 2.81. The second-order valence-corrected chi connectivity index (χ2v) is 5.38. The van der Waals surface area contributed by atoms with Gasteiger partial charge >= 0.3 is 0 Å². The van der Waals surface area contributed by atoms with Gasteiger partial charge in [0.05, 0.1) is 0 Å². The lowest BCUT2D eigenvalue weighted by molar-refractivity contribution is 0.259. The highest BCUT2D eigenvalue weighted by atomic mass is 15.0. The Bertz CT molecular complexity index is 142. The summed E-state index contributed by atoms with van der Waals surface area (Å²) in [5.41, 5.74) is 0.392. The van der Waals surface area contributed by atoms with Crippen molar-refractivity contribution < 1.29 is 0 Å². The van der Waals surface area contributed by atoms with Crippen molar-refractivity contribution >= 4 is 0 Å². The van der Waals surface area contributed by atoms with Crippen LogP contribution >= 0.6 is 0 Å². The highest BCUT2D eigenvalue weighted by molar-refractivity contribution is 4.87. The summed E-state index contributed by atoms with van der Waals surface area (Å²) in [5.74, 6) is 0.967. The van der Waals surface area contributed by atoms with Crippen molar-refractivity contribution in [1.82, 2.24) is 5.32 Å². The largest absolute Gasteiger partial charge is 0.311 e. The fourth-order valence-corrected chi connectivity index (χ4v) is 1.38. The first-order chi connectivity index (χ1) is 5.41. The van der Waals surface area contributed by atoms with E-state index in [1.807, 2.05) is 0 Å². The van der Waals surface area contributed by atoms with Gasteiger partial charge in [0.15, 0.2) is 0 Å². The van der Waals surface area contributed by atoms with Gasteiger partial charge in [-0.15, -0.1) is 0 Å². The van der Waals surface area contributed by atoms with Crippen LogP contribution in [0.5, 0.6) is 0 Å². The van der Waals surface area contributed by atoms with Gasteiger partial charge in [0.2, 0.25) is 0 Å². The van der Waals surface area contributed by atoms with Crippen LogP contribution in [0.25, 0.3) is 0 Å². The molecule has 2 unspecified atom stereocenters. The molecule has 72 valence electrons. The topological polar surface area (TPSA) is 12.0 Å². The van der Waals surface area contributed by atoms with Crippen molar-refractivity contribution in [3.8, 4) is 0 Å². The lowest BCUT2D eigenvalue weighted by Gasteiger charge is -2.31. The molecule has 0 amide bonds. The molecule has 1 N–H and O–H groups in total. The van der Waals surface area contributed by atoms with E-state index in [4.69, 9.17) is 0 Å². The van der Waals surface area contributed by atoms with Crippen molar-refractivity contribution in [3.05, 3.63) is 0 Å². The molecule has 2 atom stereocenters. The van der Waals surface area contributed by atoms with E-state index < -0.39 is 0 Å². The van der Waals surface area contributed by atoms with E-state index in [0.29, 0.717) is 11.5 Å². The van der Waals surface area contributed by atoms with Crippen LogP contribution in [-0.2, 0) is 0 Å². The minimum absolute atomic E-state index is 0.392. The zero-order valence-corrected chi connectivity index (χ0v) is 9.15. The van der Waals surface area contributed by atoms with Crippen molar-refractivity contribution in [1.29, 1.82) is 0 Å². The smallest absolute Gasteiger partial charge is 0.00898 e. The van der Waals surface area contributed by atoms with E-state index in [1.54, 1.807) is 0 Å². The zero-order valence-electron chi connectivity index (χ0n) is 9.15. The summed E-state index contributed by atoms with van der Waals surface area (Å²) in [7, 11) is 0. The Labute approximate surface area is 76.9 Å². The molecule has 0 aliphatic heterocycles. The van der Waals surface area contributed by atoms with Crippen LogP contribution in [0.4, 0.5) is 0 Å². The van der Waals surface area contributed by atoms with Crippen molar-refractivity contribution in [3.63, 3.8) is 0 Å². The first-order valence-electron chi connectivity index (χ1n) is 5.17. The molecule has 0 aromatic rings. The van der Waals surface area contributed by atoms with Gasteiger partial charge in [0.1, 0.15) is 0 Å². The Kier molecular flexibility index (Phi) is 2.82. The molecule has 0 aromatic carbocycles. The van der Waals surface area contributed by atoms with Crippen molar-refractivity contribution in [2.24, 2.45) is 11.3 Å². The second kappa shape index (κ2) is 3.37. The van der Waals surface area contributed by atoms with Crippen LogP contribution < -0.4 is 5.32 Å². The molecule has 1 saturated carbocycles. The standard InChI is InChI=1S/C11H23N/c1-8(10-6-7-10)12-9(2)11(3,4)5/h8-10,12H,6-7H2,1-5H3. The number of hydrogen-bond donors (Lipinski definition) is 1. The van der Waals surface area contributed by atoms with Crippen molar-refractivity contribution in [2.45, 2.75) is 59.5 Å². The van der Waals surface area contributed by atoms with Gasteiger partial charge in [-0.3, -0.25) is 0 Å². The van der Waals surface area contributed by atoms with E-state index in [-0.39, 0.29) is 0 Å². The van der Waals surface area contributed by atoms with E-state index in [9.17, 15) is 0 Å². The maximum absolute atomic E-state index is 3.68. The van der Waals surface area contributed by atoms with Gasteiger partial charge in [-0.25, -0.2) is 0 Å².